The van der Waals surface area contributed by atoms with Crippen molar-refractivity contribution < 1.29 is 18.0 Å². The molecule has 0 aliphatic rings. The Labute approximate surface area is 86.0 Å². The van der Waals surface area contributed by atoms with Gasteiger partial charge in [0.1, 0.15) is 0 Å². The number of hydrogen-bond acceptors (Lipinski definition) is 1. The summed E-state index contributed by atoms with van der Waals surface area (Å²) in [7, 11) is 0. The van der Waals surface area contributed by atoms with Gasteiger partial charge >= 0.3 is 6.18 Å². The summed E-state index contributed by atoms with van der Waals surface area (Å²) in [6, 6.07) is 0. The highest BCUT2D eigenvalue weighted by Gasteiger charge is 2.28. The molecule has 0 saturated carbocycles. The van der Waals surface area contributed by atoms with Crippen molar-refractivity contribution in [3.8, 4) is 0 Å². The molecule has 0 radical (unpaired) electrons. The molecule has 1 amide bonds. The second-order valence-electron chi connectivity index (χ2n) is 2.78. The highest BCUT2D eigenvalue weighted by atomic mass is 35.5. The lowest BCUT2D eigenvalue weighted by molar-refractivity contribution is -0.148. The van der Waals surface area contributed by atoms with Crippen LogP contribution in [-0.2, 0) is 4.79 Å². The fourth-order valence-corrected chi connectivity index (χ4v) is 1.17. The molecule has 0 rings (SSSR count). The van der Waals surface area contributed by atoms with E-state index in [1.807, 2.05) is 0 Å². The van der Waals surface area contributed by atoms with Crippen molar-refractivity contribution in [1.29, 1.82) is 0 Å². The van der Waals surface area contributed by atoms with Gasteiger partial charge in [0.15, 0.2) is 0 Å². The van der Waals surface area contributed by atoms with Crippen LogP contribution >= 0.6 is 11.6 Å². The number of amides is 1. The molecule has 0 aliphatic heterocycles. The van der Waals surface area contributed by atoms with Crippen LogP contribution in [0.4, 0.5) is 13.2 Å². The van der Waals surface area contributed by atoms with Crippen LogP contribution < -0.4 is 0 Å². The van der Waals surface area contributed by atoms with E-state index in [1.165, 1.54) is 4.90 Å². The zero-order chi connectivity index (χ0) is 11.2. The number of hydrogen-bond donors (Lipinski definition) is 0. The van der Waals surface area contributed by atoms with E-state index in [1.54, 1.807) is 6.92 Å². The first-order valence-electron chi connectivity index (χ1n) is 4.31. The Hall–Kier alpha value is -0.450. The lowest BCUT2D eigenvalue weighted by Gasteiger charge is -2.19. The summed E-state index contributed by atoms with van der Waals surface area (Å²) in [4.78, 5) is 12.5. The Bertz CT molecular complexity index is 184. The van der Waals surface area contributed by atoms with Crippen molar-refractivity contribution in [1.82, 2.24) is 4.90 Å². The SMILES string of the molecule is CCN(CCCl)C(=O)CCC(F)(F)F. The standard InChI is InChI=1S/C8H13ClF3NO/c1-2-13(6-5-9)7(14)3-4-8(10,11)12/h2-6H2,1H3. The highest BCUT2D eigenvalue weighted by Crippen LogP contribution is 2.21. The lowest BCUT2D eigenvalue weighted by Crippen LogP contribution is -2.33. The van der Waals surface area contributed by atoms with E-state index >= 15 is 0 Å². The number of carbonyl (C=O) groups is 1. The summed E-state index contributed by atoms with van der Waals surface area (Å²) in [5.74, 6) is -0.253. The van der Waals surface area contributed by atoms with E-state index in [2.05, 4.69) is 0 Å². The highest BCUT2D eigenvalue weighted by molar-refractivity contribution is 6.18. The van der Waals surface area contributed by atoms with Crippen LogP contribution in [-0.4, -0.2) is 36.0 Å². The molecule has 14 heavy (non-hydrogen) atoms. The fraction of sp³-hybridized carbons (Fsp3) is 0.875. The normalized spacial score (nSPS) is 11.5. The fourth-order valence-electron chi connectivity index (χ4n) is 0.968. The lowest BCUT2D eigenvalue weighted by atomic mass is 10.2. The smallest absolute Gasteiger partial charge is 0.342 e. The maximum Gasteiger partial charge on any atom is 0.389 e. The number of rotatable bonds is 5. The Morgan fingerprint density at radius 3 is 2.36 bits per heavy atom. The monoisotopic (exact) mass is 231 g/mol. The van der Waals surface area contributed by atoms with Crippen molar-refractivity contribution in [2.75, 3.05) is 19.0 Å². The van der Waals surface area contributed by atoms with Gasteiger partial charge in [-0.15, -0.1) is 11.6 Å². The average Bonchev–Trinajstić information content (AvgIpc) is 2.09. The number of alkyl halides is 4. The molecule has 0 aromatic heterocycles. The summed E-state index contributed by atoms with van der Waals surface area (Å²) in [6.45, 7) is 2.40. The molecule has 2 nitrogen and oxygen atoms in total. The van der Waals surface area contributed by atoms with Gasteiger partial charge in [-0.1, -0.05) is 0 Å². The summed E-state index contributed by atoms with van der Waals surface area (Å²) in [5.41, 5.74) is 0. The van der Waals surface area contributed by atoms with Crippen LogP contribution in [0.5, 0.6) is 0 Å². The van der Waals surface area contributed by atoms with Gasteiger partial charge in [0, 0.05) is 25.4 Å². The molecule has 0 heterocycles. The van der Waals surface area contributed by atoms with E-state index in [9.17, 15) is 18.0 Å². The molecule has 0 fully saturated rings. The molecule has 6 heteroatoms. The van der Waals surface area contributed by atoms with Crippen LogP contribution in [0.25, 0.3) is 0 Å². The van der Waals surface area contributed by atoms with Gasteiger partial charge in [-0.25, -0.2) is 0 Å². The largest absolute Gasteiger partial charge is 0.389 e. The summed E-state index contributed by atoms with van der Waals surface area (Å²) in [5, 5.41) is 0. The van der Waals surface area contributed by atoms with Crippen LogP contribution in [0.3, 0.4) is 0 Å². The van der Waals surface area contributed by atoms with E-state index in [0.717, 1.165) is 0 Å². The van der Waals surface area contributed by atoms with Gasteiger partial charge in [-0.3, -0.25) is 4.79 Å². The van der Waals surface area contributed by atoms with E-state index in [0.29, 0.717) is 13.1 Å². The van der Waals surface area contributed by atoms with Gasteiger partial charge in [0.2, 0.25) is 5.91 Å². The first kappa shape index (κ1) is 13.5. The minimum Gasteiger partial charge on any atom is -0.342 e. The van der Waals surface area contributed by atoms with Gasteiger partial charge in [-0.2, -0.15) is 13.2 Å². The molecule has 0 bridgehead atoms. The molecule has 84 valence electrons. The molecule has 0 saturated heterocycles. The van der Waals surface area contributed by atoms with Crippen molar-refractivity contribution in [2.24, 2.45) is 0 Å². The molecule has 0 unspecified atom stereocenters. The zero-order valence-electron chi connectivity index (χ0n) is 7.90. The summed E-state index contributed by atoms with van der Waals surface area (Å²) >= 11 is 5.39. The van der Waals surface area contributed by atoms with E-state index in [-0.39, 0.29) is 5.88 Å². The minimum absolute atomic E-state index is 0.242. The zero-order valence-corrected chi connectivity index (χ0v) is 8.66. The van der Waals surface area contributed by atoms with Gasteiger partial charge in [0.05, 0.1) is 6.42 Å². The molecular formula is C8H13ClF3NO. The maximum absolute atomic E-state index is 11.8. The molecular weight excluding hydrogens is 219 g/mol. The first-order valence-corrected chi connectivity index (χ1v) is 4.84. The van der Waals surface area contributed by atoms with Gasteiger partial charge in [-0.05, 0) is 6.92 Å². The number of carbonyl (C=O) groups excluding carboxylic acids is 1. The van der Waals surface area contributed by atoms with Gasteiger partial charge in [0.25, 0.3) is 0 Å². The van der Waals surface area contributed by atoms with Crippen molar-refractivity contribution in [3.05, 3.63) is 0 Å². The number of halogens is 4. The van der Waals surface area contributed by atoms with Crippen molar-refractivity contribution in [2.45, 2.75) is 25.9 Å². The summed E-state index contributed by atoms with van der Waals surface area (Å²) < 4.78 is 35.3. The third-order valence-corrected chi connectivity index (χ3v) is 1.88. The van der Waals surface area contributed by atoms with Crippen LogP contribution in [0.1, 0.15) is 19.8 Å². The van der Waals surface area contributed by atoms with E-state index in [4.69, 9.17) is 11.6 Å². The predicted octanol–water partition coefficient (Wildman–Crippen LogP) is 2.42. The third-order valence-electron chi connectivity index (χ3n) is 1.71. The van der Waals surface area contributed by atoms with E-state index < -0.39 is 24.9 Å². The quantitative estimate of drug-likeness (QED) is 0.666. The second-order valence-corrected chi connectivity index (χ2v) is 3.16. The van der Waals surface area contributed by atoms with Crippen molar-refractivity contribution >= 4 is 17.5 Å². The Morgan fingerprint density at radius 2 is 2.00 bits per heavy atom. The molecule has 0 spiro atoms. The number of nitrogens with zero attached hydrogens (tertiary/aromatic N) is 1. The first-order chi connectivity index (χ1) is 6.40. The second kappa shape index (κ2) is 6.11. The Balaban J connectivity index is 3.93. The molecule has 0 aromatic rings. The molecule has 0 atom stereocenters. The third kappa shape index (κ3) is 6.07. The van der Waals surface area contributed by atoms with Crippen molar-refractivity contribution in [3.63, 3.8) is 0 Å². The maximum atomic E-state index is 11.8. The molecule has 0 aromatic carbocycles. The van der Waals surface area contributed by atoms with Crippen LogP contribution in [0.2, 0.25) is 0 Å². The molecule has 0 aliphatic carbocycles. The van der Waals surface area contributed by atoms with Gasteiger partial charge < -0.3 is 4.90 Å². The average molecular weight is 232 g/mol. The predicted molar refractivity (Wildman–Crippen MR) is 48.3 cm³/mol. The van der Waals surface area contributed by atoms with Crippen LogP contribution in [0.15, 0.2) is 0 Å². The van der Waals surface area contributed by atoms with Crippen LogP contribution in [0, 0.1) is 0 Å². The Kier molecular flexibility index (Phi) is 5.92. The topological polar surface area (TPSA) is 20.3 Å². The minimum atomic E-state index is -4.27. The summed E-state index contributed by atoms with van der Waals surface area (Å²) in [6.07, 6.45) is -5.82. The Morgan fingerprint density at radius 1 is 1.43 bits per heavy atom. The molecule has 0 N–H and O–H groups in total.